The van der Waals surface area contributed by atoms with E-state index in [-0.39, 0.29) is 12.1 Å². The number of alkyl halides is 3. The van der Waals surface area contributed by atoms with Gasteiger partial charge in [-0.05, 0) is 31.4 Å². The average Bonchev–Trinajstić information content (AvgIpc) is 2.33. The molecule has 106 valence electrons. The molecule has 0 amide bonds. The van der Waals surface area contributed by atoms with Gasteiger partial charge >= 0.3 is 6.18 Å². The van der Waals surface area contributed by atoms with Crippen molar-refractivity contribution >= 4 is 5.69 Å². The lowest BCUT2D eigenvalue weighted by atomic mass is 9.83. The Balaban J connectivity index is 2.20. The van der Waals surface area contributed by atoms with E-state index in [9.17, 15) is 17.6 Å². The lowest BCUT2D eigenvalue weighted by molar-refractivity contribution is -0.184. The molecule has 1 aliphatic rings. The summed E-state index contributed by atoms with van der Waals surface area (Å²) in [5.41, 5.74) is 0.829. The molecule has 1 nitrogen and oxygen atoms in total. The Hall–Kier alpha value is -1.26. The van der Waals surface area contributed by atoms with Gasteiger partial charge in [0.05, 0.1) is 11.6 Å². The number of hydrogen-bond acceptors (Lipinski definition) is 1. The van der Waals surface area contributed by atoms with Gasteiger partial charge in [0.1, 0.15) is 5.82 Å². The molecule has 0 radical (unpaired) electrons. The third-order valence-corrected chi connectivity index (χ3v) is 3.74. The fourth-order valence-electron chi connectivity index (χ4n) is 2.70. The normalized spacial score (nSPS) is 24.3. The second kappa shape index (κ2) is 5.39. The SMILES string of the molecule is Cc1cccc(F)c1NC1CCCCC1C(F)(F)F. The van der Waals surface area contributed by atoms with E-state index in [0.717, 1.165) is 6.42 Å². The molecule has 0 spiro atoms. The van der Waals surface area contributed by atoms with Crippen LogP contribution in [0.4, 0.5) is 23.2 Å². The van der Waals surface area contributed by atoms with Crippen LogP contribution < -0.4 is 5.32 Å². The van der Waals surface area contributed by atoms with Crippen molar-refractivity contribution in [3.05, 3.63) is 29.6 Å². The topological polar surface area (TPSA) is 12.0 Å². The molecule has 2 atom stereocenters. The number of rotatable bonds is 2. The monoisotopic (exact) mass is 275 g/mol. The van der Waals surface area contributed by atoms with Crippen LogP contribution in [0.3, 0.4) is 0 Å². The highest BCUT2D eigenvalue weighted by Crippen LogP contribution is 2.39. The van der Waals surface area contributed by atoms with Gasteiger partial charge in [0.2, 0.25) is 0 Å². The van der Waals surface area contributed by atoms with Crippen molar-refractivity contribution in [2.24, 2.45) is 5.92 Å². The van der Waals surface area contributed by atoms with Gasteiger partial charge in [-0.15, -0.1) is 0 Å². The summed E-state index contributed by atoms with van der Waals surface area (Å²) in [6.07, 6.45) is -2.35. The lowest BCUT2D eigenvalue weighted by Crippen LogP contribution is -2.41. The first-order chi connectivity index (χ1) is 8.89. The fraction of sp³-hybridized carbons (Fsp3) is 0.571. The van der Waals surface area contributed by atoms with Gasteiger partial charge in [-0.3, -0.25) is 0 Å². The molecule has 2 unspecified atom stereocenters. The van der Waals surface area contributed by atoms with Crippen molar-refractivity contribution in [2.75, 3.05) is 5.32 Å². The summed E-state index contributed by atoms with van der Waals surface area (Å²) in [4.78, 5) is 0. The third-order valence-electron chi connectivity index (χ3n) is 3.74. The van der Waals surface area contributed by atoms with Crippen molar-refractivity contribution in [2.45, 2.75) is 44.8 Å². The average molecular weight is 275 g/mol. The number of aryl methyl sites for hydroxylation is 1. The molecule has 0 heterocycles. The number of nitrogens with one attached hydrogen (secondary N) is 1. The number of anilines is 1. The van der Waals surface area contributed by atoms with Gasteiger partial charge in [-0.25, -0.2) is 4.39 Å². The Morgan fingerprint density at radius 1 is 1.16 bits per heavy atom. The smallest absolute Gasteiger partial charge is 0.379 e. The molecule has 1 aliphatic carbocycles. The Labute approximate surface area is 110 Å². The Kier molecular flexibility index (Phi) is 4.02. The van der Waals surface area contributed by atoms with E-state index in [4.69, 9.17) is 0 Å². The molecule has 0 bridgehead atoms. The molecule has 0 aromatic heterocycles. The van der Waals surface area contributed by atoms with E-state index in [1.165, 1.54) is 6.07 Å². The van der Waals surface area contributed by atoms with Crippen molar-refractivity contribution in [3.8, 4) is 0 Å². The molecule has 5 heteroatoms. The van der Waals surface area contributed by atoms with E-state index in [0.29, 0.717) is 18.4 Å². The summed E-state index contributed by atoms with van der Waals surface area (Å²) in [5.74, 6) is -1.88. The minimum absolute atomic E-state index is 0.120. The molecule has 2 rings (SSSR count). The van der Waals surface area contributed by atoms with Crippen LogP contribution in [0.1, 0.15) is 31.2 Å². The van der Waals surface area contributed by atoms with Crippen molar-refractivity contribution in [1.82, 2.24) is 0 Å². The van der Waals surface area contributed by atoms with Gasteiger partial charge in [-0.1, -0.05) is 25.0 Å². The zero-order chi connectivity index (χ0) is 14.0. The quantitative estimate of drug-likeness (QED) is 0.773. The summed E-state index contributed by atoms with van der Waals surface area (Å²) in [7, 11) is 0. The largest absolute Gasteiger partial charge is 0.393 e. The highest BCUT2D eigenvalue weighted by Gasteiger charge is 2.45. The van der Waals surface area contributed by atoms with Crippen LogP contribution in [0.2, 0.25) is 0 Å². The zero-order valence-electron chi connectivity index (χ0n) is 10.7. The lowest BCUT2D eigenvalue weighted by Gasteiger charge is -2.34. The molecule has 19 heavy (non-hydrogen) atoms. The van der Waals surface area contributed by atoms with Crippen LogP contribution in [0, 0.1) is 18.7 Å². The Bertz CT molecular complexity index is 421. The van der Waals surface area contributed by atoms with Crippen LogP contribution in [0.15, 0.2) is 18.2 Å². The zero-order valence-corrected chi connectivity index (χ0v) is 10.7. The van der Waals surface area contributed by atoms with Gasteiger partial charge in [0.15, 0.2) is 0 Å². The molecule has 1 aromatic carbocycles. The molecule has 1 fully saturated rings. The third kappa shape index (κ3) is 3.19. The van der Waals surface area contributed by atoms with E-state index in [1.807, 2.05) is 0 Å². The van der Waals surface area contributed by atoms with Gasteiger partial charge in [-0.2, -0.15) is 13.2 Å². The predicted octanol–water partition coefficient (Wildman–Crippen LogP) is 4.67. The van der Waals surface area contributed by atoms with Gasteiger partial charge in [0, 0.05) is 6.04 Å². The van der Waals surface area contributed by atoms with Crippen LogP contribution >= 0.6 is 0 Å². The fourth-order valence-corrected chi connectivity index (χ4v) is 2.70. The molecule has 1 saturated carbocycles. The van der Waals surface area contributed by atoms with E-state index in [2.05, 4.69) is 5.32 Å². The second-order valence-electron chi connectivity index (χ2n) is 5.12. The minimum Gasteiger partial charge on any atom is -0.379 e. The maximum absolute atomic E-state index is 13.7. The molecule has 1 aromatic rings. The molecular weight excluding hydrogens is 258 g/mol. The standard InChI is InChI=1S/C14H17F4N/c1-9-5-4-7-11(15)13(9)19-12-8-3-2-6-10(12)14(16,17)18/h4-5,7,10,12,19H,2-3,6,8H2,1H3. The number of hydrogen-bond donors (Lipinski definition) is 1. The number of halogens is 4. The second-order valence-corrected chi connectivity index (χ2v) is 5.12. The maximum atomic E-state index is 13.7. The summed E-state index contributed by atoms with van der Waals surface area (Å²) >= 11 is 0. The Morgan fingerprint density at radius 2 is 1.84 bits per heavy atom. The van der Waals surface area contributed by atoms with Crippen LogP contribution in [-0.4, -0.2) is 12.2 Å². The van der Waals surface area contributed by atoms with Crippen LogP contribution in [0.5, 0.6) is 0 Å². The molecule has 0 saturated heterocycles. The van der Waals surface area contributed by atoms with Gasteiger partial charge < -0.3 is 5.32 Å². The summed E-state index contributed by atoms with van der Waals surface area (Å²) in [6, 6.07) is 3.78. The first-order valence-electron chi connectivity index (χ1n) is 6.48. The van der Waals surface area contributed by atoms with Crippen molar-refractivity contribution < 1.29 is 17.6 Å². The molecule has 1 N–H and O–H groups in total. The highest BCUT2D eigenvalue weighted by molar-refractivity contribution is 5.52. The molecular formula is C14H17F4N. The number of para-hydroxylation sites is 1. The van der Waals surface area contributed by atoms with E-state index >= 15 is 0 Å². The maximum Gasteiger partial charge on any atom is 0.393 e. The first kappa shape index (κ1) is 14.2. The predicted molar refractivity (Wildman–Crippen MR) is 66.6 cm³/mol. The summed E-state index contributed by atoms with van der Waals surface area (Å²) in [6.45, 7) is 1.69. The van der Waals surface area contributed by atoms with Crippen molar-refractivity contribution in [1.29, 1.82) is 0 Å². The van der Waals surface area contributed by atoms with Crippen molar-refractivity contribution in [3.63, 3.8) is 0 Å². The first-order valence-corrected chi connectivity index (χ1v) is 6.48. The summed E-state index contributed by atoms with van der Waals surface area (Å²) in [5, 5.41) is 2.78. The Morgan fingerprint density at radius 3 is 2.47 bits per heavy atom. The summed E-state index contributed by atoms with van der Waals surface area (Å²) < 4.78 is 52.6. The minimum atomic E-state index is -4.22. The van der Waals surface area contributed by atoms with Crippen LogP contribution in [-0.2, 0) is 0 Å². The van der Waals surface area contributed by atoms with Gasteiger partial charge in [0.25, 0.3) is 0 Å². The molecule has 0 aliphatic heterocycles. The van der Waals surface area contributed by atoms with E-state index < -0.39 is 24.0 Å². The van der Waals surface area contributed by atoms with Crippen LogP contribution in [0.25, 0.3) is 0 Å². The highest BCUT2D eigenvalue weighted by atomic mass is 19.4. The van der Waals surface area contributed by atoms with E-state index in [1.54, 1.807) is 19.1 Å². The number of benzene rings is 1.